The van der Waals surface area contributed by atoms with Crippen LogP contribution < -0.4 is 0 Å². The first-order valence-electron chi connectivity index (χ1n) is 8.18. The maximum atomic E-state index is 13.6. The Morgan fingerprint density at radius 2 is 2.08 bits per heavy atom. The molecule has 0 N–H and O–H groups in total. The molecule has 0 saturated carbocycles. The van der Waals surface area contributed by atoms with Gasteiger partial charge in [-0.3, -0.25) is 4.90 Å². The van der Waals surface area contributed by atoms with E-state index in [1.54, 1.807) is 10.7 Å². The molecule has 1 aliphatic rings. The SMILES string of the molecule is CC1c2cc(F)ccc2CCN1Cc1nnnn1-c1ccccc1Br. The first-order valence-corrected chi connectivity index (χ1v) is 8.97. The van der Waals surface area contributed by atoms with E-state index in [4.69, 9.17) is 0 Å². The van der Waals surface area contributed by atoms with Gasteiger partial charge in [0.2, 0.25) is 0 Å². The monoisotopic (exact) mass is 401 g/mol. The zero-order valence-electron chi connectivity index (χ0n) is 13.7. The van der Waals surface area contributed by atoms with Crippen molar-refractivity contribution in [2.75, 3.05) is 6.54 Å². The minimum Gasteiger partial charge on any atom is -0.289 e. The van der Waals surface area contributed by atoms with Gasteiger partial charge in [0.1, 0.15) is 5.82 Å². The van der Waals surface area contributed by atoms with Crippen LogP contribution >= 0.6 is 15.9 Å². The van der Waals surface area contributed by atoms with Crippen LogP contribution in [0.1, 0.15) is 29.9 Å². The minimum absolute atomic E-state index is 0.115. The van der Waals surface area contributed by atoms with E-state index in [0.29, 0.717) is 6.54 Å². The van der Waals surface area contributed by atoms with Crippen molar-refractivity contribution < 1.29 is 4.39 Å². The summed E-state index contributed by atoms with van der Waals surface area (Å²) in [7, 11) is 0. The number of tetrazole rings is 1. The van der Waals surface area contributed by atoms with Gasteiger partial charge in [-0.05, 0) is 75.1 Å². The molecule has 25 heavy (non-hydrogen) atoms. The zero-order chi connectivity index (χ0) is 17.4. The number of aromatic nitrogens is 4. The Morgan fingerprint density at radius 1 is 1.24 bits per heavy atom. The van der Waals surface area contributed by atoms with Crippen LogP contribution in [0.3, 0.4) is 0 Å². The highest BCUT2D eigenvalue weighted by Gasteiger charge is 2.26. The van der Waals surface area contributed by atoms with Crippen LogP contribution in [-0.2, 0) is 13.0 Å². The van der Waals surface area contributed by atoms with Crippen LogP contribution in [0.4, 0.5) is 4.39 Å². The summed E-state index contributed by atoms with van der Waals surface area (Å²) < 4.78 is 16.3. The number of para-hydroxylation sites is 1. The number of fused-ring (bicyclic) bond motifs is 1. The third kappa shape index (κ3) is 3.09. The maximum Gasteiger partial charge on any atom is 0.170 e. The predicted octanol–water partition coefficient (Wildman–Crippen LogP) is 3.68. The number of benzene rings is 2. The smallest absolute Gasteiger partial charge is 0.170 e. The van der Waals surface area contributed by atoms with E-state index in [1.807, 2.05) is 30.3 Å². The van der Waals surface area contributed by atoms with Gasteiger partial charge in [0.05, 0.1) is 12.2 Å². The first kappa shape index (κ1) is 16.4. The lowest BCUT2D eigenvalue weighted by molar-refractivity contribution is 0.183. The van der Waals surface area contributed by atoms with E-state index in [0.717, 1.165) is 34.5 Å². The second-order valence-corrected chi connectivity index (χ2v) is 7.05. The maximum absolute atomic E-state index is 13.6. The van der Waals surface area contributed by atoms with E-state index in [-0.39, 0.29) is 11.9 Å². The van der Waals surface area contributed by atoms with Gasteiger partial charge in [0.25, 0.3) is 0 Å². The largest absolute Gasteiger partial charge is 0.289 e. The molecule has 0 fully saturated rings. The molecule has 0 saturated heterocycles. The number of halogens is 2. The summed E-state index contributed by atoms with van der Waals surface area (Å²) in [5, 5.41) is 12.2. The van der Waals surface area contributed by atoms with Crippen molar-refractivity contribution in [1.29, 1.82) is 0 Å². The van der Waals surface area contributed by atoms with Crippen LogP contribution in [0, 0.1) is 5.82 Å². The standard InChI is InChI=1S/C18H17BrFN5/c1-12-15-10-14(20)7-6-13(15)8-9-24(12)11-18-21-22-23-25(18)17-5-3-2-4-16(17)19/h2-7,10,12H,8-9,11H2,1H3. The van der Waals surface area contributed by atoms with Gasteiger partial charge in [-0.2, -0.15) is 4.68 Å². The molecule has 128 valence electrons. The van der Waals surface area contributed by atoms with Crippen LogP contribution in [0.15, 0.2) is 46.9 Å². The molecule has 1 aliphatic heterocycles. The van der Waals surface area contributed by atoms with Gasteiger partial charge in [-0.1, -0.05) is 18.2 Å². The summed E-state index contributed by atoms with van der Waals surface area (Å²) in [6, 6.07) is 13.0. The molecule has 4 rings (SSSR count). The molecule has 3 aromatic rings. The topological polar surface area (TPSA) is 46.8 Å². The second kappa shape index (κ2) is 6.65. The fourth-order valence-corrected chi connectivity index (χ4v) is 3.80. The Hall–Kier alpha value is -2.12. The first-order chi connectivity index (χ1) is 12.1. The van der Waals surface area contributed by atoms with Crippen molar-refractivity contribution in [3.8, 4) is 5.69 Å². The van der Waals surface area contributed by atoms with Gasteiger partial charge >= 0.3 is 0 Å². The highest BCUT2D eigenvalue weighted by Crippen LogP contribution is 2.31. The molecule has 2 aromatic carbocycles. The summed E-state index contributed by atoms with van der Waals surface area (Å²) in [4.78, 5) is 2.28. The van der Waals surface area contributed by atoms with E-state index in [2.05, 4.69) is 43.3 Å². The molecule has 0 radical (unpaired) electrons. The van der Waals surface area contributed by atoms with Crippen molar-refractivity contribution in [3.63, 3.8) is 0 Å². The molecule has 0 spiro atoms. The van der Waals surface area contributed by atoms with Crippen molar-refractivity contribution in [3.05, 3.63) is 69.7 Å². The molecule has 5 nitrogen and oxygen atoms in total. The fourth-order valence-electron chi connectivity index (χ4n) is 3.35. The third-order valence-electron chi connectivity index (χ3n) is 4.73. The highest BCUT2D eigenvalue weighted by atomic mass is 79.9. The predicted molar refractivity (Wildman–Crippen MR) is 95.8 cm³/mol. The van der Waals surface area contributed by atoms with Crippen LogP contribution in [-0.4, -0.2) is 31.7 Å². The lowest BCUT2D eigenvalue weighted by Crippen LogP contribution is -2.34. The van der Waals surface area contributed by atoms with Crippen LogP contribution in [0.2, 0.25) is 0 Å². The van der Waals surface area contributed by atoms with Crippen molar-refractivity contribution in [1.82, 2.24) is 25.1 Å². The average molecular weight is 402 g/mol. The Kier molecular flexibility index (Phi) is 4.35. The molecule has 0 aliphatic carbocycles. The van der Waals surface area contributed by atoms with Crippen molar-refractivity contribution >= 4 is 15.9 Å². The van der Waals surface area contributed by atoms with Crippen molar-refractivity contribution in [2.45, 2.75) is 25.9 Å². The van der Waals surface area contributed by atoms with Gasteiger partial charge < -0.3 is 0 Å². The van der Waals surface area contributed by atoms with Crippen LogP contribution in [0.5, 0.6) is 0 Å². The van der Waals surface area contributed by atoms with E-state index >= 15 is 0 Å². The van der Waals surface area contributed by atoms with Gasteiger partial charge in [0, 0.05) is 17.1 Å². The summed E-state index contributed by atoms with van der Waals surface area (Å²) in [6.07, 6.45) is 0.899. The minimum atomic E-state index is -0.189. The molecule has 1 unspecified atom stereocenters. The Balaban J connectivity index is 1.62. The van der Waals surface area contributed by atoms with E-state index < -0.39 is 0 Å². The normalized spacial score (nSPS) is 17.5. The number of hydrogen-bond acceptors (Lipinski definition) is 4. The summed E-state index contributed by atoms with van der Waals surface area (Å²) in [5.41, 5.74) is 3.17. The highest BCUT2D eigenvalue weighted by molar-refractivity contribution is 9.10. The number of hydrogen-bond donors (Lipinski definition) is 0. The van der Waals surface area contributed by atoms with Crippen LogP contribution in [0.25, 0.3) is 5.69 Å². The molecule has 7 heteroatoms. The Morgan fingerprint density at radius 3 is 2.92 bits per heavy atom. The average Bonchev–Trinajstić information content (AvgIpc) is 3.06. The lowest BCUT2D eigenvalue weighted by Gasteiger charge is -2.34. The Bertz CT molecular complexity index is 910. The van der Waals surface area contributed by atoms with Gasteiger partial charge in [0.15, 0.2) is 5.82 Å². The molecule has 0 amide bonds. The quantitative estimate of drug-likeness (QED) is 0.671. The lowest BCUT2D eigenvalue weighted by atomic mass is 9.93. The summed E-state index contributed by atoms with van der Waals surface area (Å²) >= 11 is 3.55. The van der Waals surface area contributed by atoms with E-state index in [9.17, 15) is 4.39 Å². The van der Waals surface area contributed by atoms with E-state index in [1.165, 1.54) is 11.6 Å². The fraction of sp³-hybridized carbons (Fsp3) is 0.278. The summed E-state index contributed by atoms with van der Waals surface area (Å²) in [5.74, 6) is 0.573. The molecule has 1 aromatic heterocycles. The molecule has 1 atom stereocenters. The molecular weight excluding hydrogens is 385 g/mol. The summed E-state index contributed by atoms with van der Waals surface area (Å²) in [6.45, 7) is 3.60. The van der Waals surface area contributed by atoms with Gasteiger partial charge in [-0.15, -0.1) is 5.10 Å². The molecular formula is C18H17BrFN5. The second-order valence-electron chi connectivity index (χ2n) is 6.20. The Labute approximate surface area is 153 Å². The number of rotatable bonds is 3. The zero-order valence-corrected chi connectivity index (χ0v) is 15.3. The van der Waals surface area contributed by atoms with Crippen molar-refractivity contribution in [2.24, 2.45) is 0 Å². The third-order valence-corrected chi connectivity index (χ3v) is 5.40. The number of nitrogens with zero attached hydrogens (tertiary/aromatic N) is 5. The molecule has 0 bridgehead atoms. The molecule has 2 heterocycles. The van der Waals surface area contributed by atoms with Gasteiger partial charge in [-0.25, -0.2) is 4.39 Å².